The van der Waals surface area contributed by atoms with E-state index in [0.717, 1.165) is 12.8 Å². The summed E-state index contributed by atoms with van der Waals surface area (Å²) in [5, 5.41) is 12.2. The molecule has 1 saturated carbocycles. The van der Waals surface area contributed by atoms with Crippen molar-refractivity contribution < 1.29 is 4.79 Å². The molecule has 0 heterocycles. The summed E-state index contributed by atoms with van der Waals surface area (Å²) < 4.78 is 0. The zero-order valence-corrected chi connectivity index (χ0v) is 16.3. The van der Waals surface area contributed by atoms with Gasteiger partial charge in [0.25, 0.3) is 0 Å². The quantitative estimate of drug-likeness (QED) is 0.696. The molecule has 1 N–H and O–H groups in total. The van der Waals surface area contributed by atoms with E-state index in [4.69, 9.17) is 17.5 Å². The summed E-state index contributed by atoms with van der Waals surface area (Å²) in [5.41, 5.74) is 1.22. The third-order valence-electron chi connectivity index (χ3n) is 5.04. The fourth-order valence-electron chi connectivity index (χ4n) is 3.48. The molecular weight excluding hydrogens is 342 g/mol. The highest BCUT2D eigenvalue weighted by molar-refractivity contribution is 7.80. The van der Waals surface area contributed by atoms with Crippen molar-refractivity contribution in [2.45, 2.75) is 57.8 Å². The van der Waals surface area contributed by atoms with Gasteiger partial charge in [-0.15, -0.1) is 0 Å². The first kappa shape index (κ1) is 20.4. The molecule has 1 aromatic rings. The molecule has 140 valence electrons. The Labute approximate surface area is 162 Å². The second-order valence-electron chi connectivity index (χ2n) is 7.03. The molecule has 0 aromatic heterocycles. The number of carbonyl (C=O) groups is 1. The lowest BCUT2D eigenvalue weighted by atomic mass is 9.86. The summed E-state index contributed by atoms with van der Waals surface area (Å²) in [6.07, 6.45) is 9.16. The fraction of sp³-hybridized carbons (Fsp3) is 0.571. The zero-order chi connectivity index (χ0) is 18.6. The van der Waals surface area contributed by atoms with Gasteiger partial charge in [0.2, 0.25) is 5.91 Å². The number of rotatable bonds is 8. The second-order valence-corrected chi connectivity index (χ2v) is 7.41. The zero-order valence-electron chi connectivity index (χ0n) is 15.5. The van der Waals surface area contributed by atoms with E-state index in [1.54, 1.807) is 0 Å². The number of hydrogen-bond donors (Lipinski definition) is 1. The minimum Gasteiger partial charge on any atom is -0.348 e. The highest BCUT2D eigenvalue weighted by Crippen LogP contribution is 2.27. The number of amides is 1. The number of thiocarbonyl (C=S) groups is 1. The lowest BCUT2D eigenvalue weighted by molar-refractivity contribution is -0.120. The molecule has 4 nitrogen and oxygen atoms in total. The van der Waals surface area contributed by atoms with E-state index in [1.165, 1.54) is 37.7 Å². The van der Waals surface area contributed by atoms with Gasteiger partial charge in [-0.2, -0.15) is 5.26 Å². The fourth-order valence-corrected chi connectivity index (χ4v) is 3.78. The van der Waals surface area contributed by atoms with Crippen LogP contribution in [0.3, 0.4) is 0 Å². The van der Waals surface area contributed by atoms with Crippen LogP contribution in [-0.4, -0.2) is 29.0 Å². The van der Waals surface area contributed by atoms with Gasteiger partial charge >= 0.3 is 0 Å². The normalized spacial score (nSPS) is 14.4. The number of hydrogen-bond acceptors (Lipinski definition) is 3. The summed E-state index contributed by atoms with van der Waals surface area (Å²) in [6, 6.07) is 12.3. The van der Waals surface area contributed by atoms with Gasteiger partial charge in [0.1, 0.15) is 0 Å². The first-order valence-electron chi connectivity index (χ1n) is 9.68. The van der Waals surface area contributed by atoms with Crippen LogP contribution < -0.4 is 5.32 Å². The van der Waals surface area contributed by atoms with Crippen molar-refractivity contribution in [2.24, 2.45) is 5.92 Å². The van der Waals surface area contributed by atoms with Gasteiger partial charge in [-0.05, 0) is 36.5 Å². The predicted octanol–water partition coefficient (Wildman–Crippen LogP) is 4.21. The van der Waals surface area contributed by atoms with Gasteiger partial charge in [0.15, 0.2) is 5.11 Å². The number of carbonyl (C=O) groups excluding carboxylic acids is 1. The summed E-state index contributed by atoms with van der Waals surface area (Å²) in [4.78, 5) is 14.2. The van der Waals surface area contributed by atoms with Crippen LogP contribution in [0.15, 0.2) is 30.3 Å². The van der Waals surface area contributed by atoms with Crippen LogP contribution in [0, 0.1) is 17.2 Å². The molecule has 26 heavy (non-hydrogen) atoms. The minimum absolute atomic E-state index is 0.00208. The van der Waals surface area contributed by atoms with E-state index >= 15 is 0 Å². The third-order valence-corrected chi connectivity index (χ3v) is 5.40. The molecule has 0 spiro atoms. The molecule has 0 saturated heterocycles. The lowest BCUT2D eigenvalue weighted by Gasteiger charge is -2.25. The van der Waals surface area contributed by atoms with Crippen LogP contribution in [-0.2, 0) is 11.2 Å². The molecule has 1 amide bonds. The van der Waals surface area contributed by atoms with Crippen molar-refractivity contribution in [3.05, 3.63) is 35.9 Å². The number of nitrogens with zero attached hydrogens (tertiary/aromatic N) is 2. The summed E-state index contributed by atoms with van der Waals surface area (Å²) in [6.45, 7) is 1.25. The van der Waals surface area contributed by atoms with Crippen molar-refractivity contribution in [1.29, 1.82) is 5.26 Å². The Bertz CT molecular complexity index is 605. The minimum atomic E-state index is 0.00208. The van der Waals surface area contributed by atoms with Gasteiger partial charge in [0, 0.05) is 19.5 Å². The van der Waals surface area contributed by atoms with Crippen LogP contribution in [0.4, 0.5) is 0 Å². The highest BCUT2D eigenvalue weighted by atomic mass is 32.1. The van der Waals surface area contributed by atoms with Crippen LogP contribution in [0.5, 0.6) is 0 Å². The maximum atomic E-state index is 12.3. The maximum Gasteiger partial charge on any atom is 0.226 e. The van der Waals surface area contributed by atoms with E-state index in [0.29, 0.717) is 37.0 Å². The second kappa shape index (κ2) is 11.6. The van der Waals surface area contributed by atoms with Crippen molar-refractivity contribution in [3.63, 3.8) is 0 Å². The molecule has 0 unspecified atom stereocenters. The Morgan fingerprint density at radius 1 is 1.19 bits per heavy atom. The van der Waals surface area contributed by atoms with Gasteiger partial charge < -0.3 is 10.2 Å². The van der Waals surface area contributed by atoms with Gasteiger partial charge in [-0.3, -0.25) is 4.79 Å². The molecule has 1 aromatic carbocycles. The SMILES string of the molecule is N#CCCN(CCc1ccccc1)C(=S)NC(=O)CCC1CCCCC1. The van der Waals surface area contributed by atoms with E-state index in [2.05, 4.69) is 23.5 Å². The van der Waals surface area contributed by atoms with Crippen molar-refractivity contribution in [1.82, 2.24) is 10.2 Å². The topological polar surface area (TPSA) is 56.1 Å². The monoisotopic (exact) mass is 371 g/mol. The first-order chi connectivity index (χ1) is 12.7. The number of nitriles is 1. The average molecular weight is 372 g/mol. The Morgan fingerprint density at radius 2 is 1.92 bits per heavy atom. The summed E-state index contributed by atoms with van der Waals surface area (Å²) in [7, 11) is 0. The first-order valence-corrected chi connectivity index (χ1v) is 10.1. The number of benzene rings is 1. The van der Waals surface area contributed by atoms with Gasteiger partial charge in [-0.25, -0.2) is 0 Å². The largest absolute Gasteiger partial charge is 0.348 e. The molecule has 0 atom stereocenters. The van der Waals surface area contributed by atoms with E-state index in [9.17, 15) is 4.79 Å². The van der Waals surface area contributed by atoms with Crippen LogP contribution in [0.2, 0.25) is 0 Å². The summed E-state index contributed by atoms with van der Waals surface area (Å²) in [5.74, 6) is 0.693. The molecule has 1 aliphatic carbocycles. The highest BCUT2D eigenvalue weighted by Gasteiger charge is 2.17. The molecule has 5 heteroatoms. The number of nitrogens with one attached hydrogen (secondary N) is 1. The Hall–Kier alpha value is -1.93. The smallest absolute Gasteiger partial charge is 0.226 e. The predicted molar refractivity (Wildman–Crippen MR) is 108 cm³/mol. The third kappa shape index (κ3) is 7.53. The van der Waals surface area contributed by atoms with Crippen LogP contribution in [0.1, 0.15) is 56.9 Å². The molecule has 0 radical (unpaired) electrons. The van der Waals surface area contributed by atoms with Crippen LogP contribution >= 0.6 is 12.2 Å². The Balaban J connectivity index is 1.78. The van der Waals surface area contributed by atoms with Crippen molar-refractivity contribution in [2.75, 3.05) is 13.1 Å². The molecule has 0 aliphatic heterocycles. The average Bonchev–Trinajstić information content (AvgIpc) is 2.68. The molecule has 2 rings (SSSR count). The van der Waals surface area contributed by atoms with Gasteiger partial charge in [-0.1, -0.05) is 62.4 Å². The van der Waals surface area contributed by atoms with Crippen molar-refractivity contribution in [3.8, 4) is 6.07 Å². The lowest BCUT2D eigenvalue weighted by Crippen LogP contribution is -2.44. The van der Waals surface area contributed by atoms with E-state index in [1.807, 2.05) is 23.1 Å². The molecule has 0 bridgehead atoms. The Morgan fingerprint density at radius 3 is 2.62 bits per heavy atom. The molecule has 1 fully saturated rings. The van der Waals surface area contributed by atoms with Gasteiger partial charge in [0.05, 0.1) is 12.5 Å². The van der Waals surface area contributed by atoms with E-state index < -0.39 is 0 Å². The standard InChI is InChI=1S/C21H29N3OS/c22-15-7-16-24(17-14-19-10-5-2-6-11-19)21(26)23-20(25)13-12-18-8-3-1-4-9-18/h2,5-6,10-11,18H,1,3-4,7-9,12-14,16-17H2,(H,23,25,26). The van der Waals surface area contributed by atoms with Crippen molar-refractivity contribution >= 4 is 23.2 Å². The molecule has 1 aliphatic rings. The maximum absolute atomic E-state index is 12.3. The van der Waals surface area contributed by atoms with Crippen LogP contribution in [0.25, 0.3) is 0 Å². The van der Waals surface area contributed by atoms with E-state index in [-0.39, 0.29) is 5.91 Å². The molecular formula is C21H29N3OS. The summed E-state index contributed by atoms with van der Waals surface area (Å²) >= 11 is 5.44. The Kier molecular flexibility index (Phi) is 9.13.